The SMILES string of the molecule is CC(N)=NCCCCC(NC(=O)OC(C)(C)C)C(=O)NCC(=O)ONC(C)=NCCCCC(NC(=O)OC(C)(C)C)C(=O)OC(C)(C)C. The number of nitrogens with two attached hydrogens (primary N) is 1. The van der Waals surface area contributed by atoms with Gasteiger partial charge in [0.25, 0.3) is 0 Å². The van der Waals surface area contributed by atoms with Crippen LogP contribution in [-0.2, 0) is 33.4 Å². The molecule has 0 aliphatic carbocycles. The Morgan fingerprint density at radius 1 is 0.667 bits per heavy atom. The number of hydrogen-bond acceptors (Lipinski definition) is 11. The molecular weight excluding hydrogens is 626 g/mol. The number of amides is 3. The average molecular weight is 686 g/mol. The molecule has 0 saturated heterocycles. The van der Waals surface area contributed by atoms with E-state index in [1.165, 1.54) is 0 Å². The van der Waals surface area contributed by atoms with Crippen LogP contribution in [0.2, 0.25) is 0 Å². The van der Waals surface area contributed by atoms with Gasteiger partial charge in [0.15, 0.2) is 0 Å². The topological polar surface area (TPSA) is 221 Å². The first-order chi connectivity index (χ1) is 22.0. The fourth-order valence-electron chi connectivity index (χ4n) is 3.69. The van der Waals surface area contributed by atoms with Crippen LogP contribution in [-0.4, -0.2) is 90.2 Å². The number of amidine groups is 2. The maximum absolute atomic E-state index is 12.8. The van der Waals surface area contributed by atoms with Gasteiger partial charge in [0.05, 0.1) is 5.84 Å². The summed E-state index contributed by atoms with van der Waals surface area (Å²) in [6.07, 6.45) is 1.42. The average Bonchev–Trinajstić information content (AvgIpc) is 2.89. The van der Waals surface area contributed by atoms with Gasteiger partial charge in [0, 0.05) is 13.1 Å². The molecule has 3 amide bonds. The van der Waals surface area contributed by atoms with Crippen LogP contribution < -0.4 is 27.2 Å². The zero-order chi connectivity index (χ0) is 37.1. The minimum Gasteiger partial charge on any atom is -0.458 e. The Morgan fingerprint density at radius 3 is 1.60 bits per heavy atom. The predicted molar refractivity (Wildman–Crippen MR) is 182 cm³/mol. The minimum absolute atomic E-state index is 0.291. The number of hydroxylamine groups is 1. The number of aliphatic imine (C=N–C) groups is 2. The van der Waals surface area contributed by atoms with Crippen LogP contribution in [0.3, 0.4) is 0 Å². The van der Waals surface area contributed by atoms with Gasteiger partial charge in [0.2, 0.25) is 5.91 Å². The highest BCUT2D eigenvalue weighted by atomic mass is 16.7. The molecule has 0 aliphatic rings. The molecule has 16 nitrogen and oxygen atoms in total. The second-order valence-corrected chi connectivity index (χ2v) is 14.2. The Bertz CT molecular complexity index is 1120. The van der Waals surface area contributed by atoms with Crippen molar-refractivity contribution in [2.45, 2.75) is 144 Å². The van der Waals surface area contributed by atoms with E-state index in [-0.39, 0.29) is 0 Å². The highest BCUT2D eigenvalue weighted by Gasteiger charge is 2.28. The Hall–Kier alpha value is -4.11. The molecule has 0 aromatic carbocycles. The van der Waals surface area contributed by atoms with Crippen molar-refractivity contribution in [1.82, 2.24) is 21.4 Å². The van der Waals surface area contributed by atoms with Crippen molar-refractivity contribution in [3.05, 3.63) is 0 Å². The lowest BCUT2D eigenvalue weighted by Gasteiger charge is -2.26. The molecule has 16 heteroatoms. The van der Waals surface area contributed by atoms with E-state index in [4.69, 9.17) is 24.8 Å². The third kappa shape index (κ3) is 25.0. The van der Waals surface area contributed by atoms with E-state index in [0.717, 1.165) is 0 Å². The van der Waals surface area contributed by atoms with E-state index in [1.807, 2.05) is 0 Å². The van der Waals surface area contributed by atoms with Gasteiger partial charge in [-0.1, -0.05) is 0 Å². The Morgan fingerprint density at radius 2 is 1.12 bits per heavy atom. The number of ether oxygens (including phenoxy) is 3. The highest BCUT2D eigenvalue weighted by molar-refractivity contribution is 5.88. The molecule has 0 radical (unpaired) electrons. The molecule has 0 fully saturated rings. The highest BCUT2D eigenvalue weighted by Crippen LogP contribution is 2.14. The van der Waals surface area contributed by atoms with E-state index in [9.17, 15) is 24.0 Å². The van der Waals surface area contributed by atoms with Crippen LogP contribution in [0.25, 0.3) is 0 Å². The monoisotopic (exact) mass is 685 g/mol. The summed E-state index contributed by atoms with van der Waals surface area (Å²) in [7, 11) is 0. The maximum Gasteiger partial charge on any atom is 0.408 e. The zero-order valence-electron chi connectivity index (χ0n) is 30.7. The number of carbonyl (C=O) groups excluding carboxylic acids is 5. The van der Waals surface area contributed by atoms with Crippen LogP contribution in [0, 0.1) is 0 Å². The molecule has 2 atom stereocenters. The van der Waals surface area contributed by atoms with Crippen LogP contribution in [0.5, 0.6) is 0 Å². The predicted octanol–water partition coefficient (Wildman–Crippen LogP) is 3.41. The third-order valence-electron chi connectivity index (χ3n) is 5.62. The second-order valence-electron chi connectivity index (χ2n) is 14.2. The summed E-state index contributed by atoms with van der Waals surface area (Å²) in [5.41, 5.74) is 5.77. The van der Waals surface area contributed by atoms with Crippen molar-refractivity contribution < 1.29 is 43.0 Å². The lowest BCUT2D eigenvalue weighted by Crippen LogP contribution is -2.49. The lowest BCUT2D eigenvalue weighted by molar-refractivity contribution is -0.157. The number of carbonyl (C=O) groups is 5. The largest absolute Gasteiger partial charge is 0.458 e. The molecule has 2 unspecified atom stereocenters. The summed E-state index contributed by atoms with van der Waals surface area (Å²) >= 11 is 0. The molecule has 6 N–H and O–H groups in total. The first kappa shape index (κ1) is 43.9. The summed E-state index contributed by atoms with van der Waals surface area (Å²) in [6.45, 7) is 19.2. The van der Waals surface area contributed by atoms with E-state index in [1.54, 1.807) is 76.2 Å². The molecule has 0 rings (SSSR count). The van der Waals surface area contributed by atoms with Gasteiger partial charge in [0.1, 0.15) is 41.3 Å². The van der Waals surface area contributed by atoms with Gasteiger partial charge in [-0.25, -0.2) is 24.7 Å². The molecule has 0 spiro atoms. The maximum atomic E-state index is 12.8. The Kier molecular flexibility index (Phi) is 19.2. The number of nitrogens with zero attached hydrogens (tertiary/aromatic N) is 2. The van der Waals surface area contributed by atoms with Crippen LogP contribution in [0.15, 0.2) is 9.98 Å². The van der Waals surface area contributed by atoms with Gasteiger partial charge in [-0.2, -0.15) is 0 Å². The number of nitrogens with one attached hydrogen (secondary N) is 4. The van der Waals surface area contributed by atoms with E-state index in [2.05, 4.69) is 31.4 Å². The van der Waals surface area contributed by atoms with Crippen molar-refractivity contribution in [3.8, 4) is 0 Å². The van der Waals surface area contributed by atoms with Crippen LogP contribution >= 0.6 is 0 Å². The van der Waals surface area contributed by atoms with E-state index >= 15 is 0 Å². The van der Waals surface area contributed by atoms with Crippen LogP contribution in [0.1, 0.15) is 115 Å². The number of alkyl carbamates (subject to hydrolysis) is 2. The fraction of sp³-hybridized carbons (Fsp3) is 0.781. The number of unbranched alkanes of at least 4 members (excludes halogenated alkanes) is 2. The summed E-state index contributed by atoms with van der Waals surface area (Å²) in [4.78, 5) is 75.6. The Labute approximate surface area is 285 Å². The van der Waals surface area contributed by atoms with Gasteiger partial charge in [-0.3, -0.25) is 14.8 Å². The molecule has 48 heavy (non-hydrogen) atoms. The summed E-state index contributed by atoms with van der Waals surface area (Å²) < 4.78 is 16.0. The summed E-state index contributed by atoms with van der Waals surface area (Å²) in [5.74, 6) is -1.15. The number of hydrogen-bond donors (Lipinski definition) is 5. The summed E-state index contributed by atoms with van der Waals surface area (Å²) in [6, 6.07) is -1.84. The lowest BCUT2D eigenvalue weighted by atomic mass is 10.1. The van der Waals surface area contributed by atoms with E-state index < -0.39 is 65.5 Å². The van der Waals surface area contributed by atoms with Gasteiger partial charge >= 0.3 is 24.1 Å². The van der Waals surface area contributed by atoms with Crippen molar-refractivity contribution >= 4 is 41.7 Å². The van der Waals surface area contributed by atoms with Gasteiger partial charge in [-0.05, 0) is 115 Å². The molecule has 0 heterocycles. The zero-order valence-corrected chi connectivity index (χ0v) is 30.7. The quantitative estimate of drug-likeness (QED) is 0.0396. The molecule has 0 bridgehead atoms. The van der Waals surface area contributed by atoms with Crippen molar-refractivity contribution in [2.24, 2.45) is 15.7 Å². The molecule has 0 aromatic rings. The second kappa shape index (κ2) is 21.0. The van der Waals surface area contributed by atoms with Crippen molar-refractivity contribution in [3.63, 3.8) is 0 Å². The molecule has 0 aliphatic heterocycles. The van der Waals surface area contributed by atoms with Gasteiger partial charge in [-0.15, -0.1) is 0 Å². The number of rotatable bonds is 16. The van der Waals surface area contributed by atoms with Crippen molar-refractivity contribution in [1.29, 1.82) is 0 Å². The standard InChI is InChI=1S/C32H59N7O9/c1-21(33)34-18-14-12-16-23(37-28(43)46-31(6,7)8)26(41)36-20-25(40)48-39-22(2)35-19-15-13-17-24(27(42)45-30(3,4)5)38-29(44)47-32(9,10)11/h23-24H,12-20H2,1-11H3,(H2,33,34)(H,35,39)(H,36,41)(H,37,43)(H,38,44). The molecule has 276 valence electrons. The fourth-order valence-corrected chi connectivity index (χ4v) is 3.69. The summed E-state index contributed by atoms with van der Waals surface area (Å²) in [5, 5.41) is 7.60. The van der Waals surface area contributed by atoms with E-state index in [0.29, 0.717) is 63.3 Å². The molecular formula is C32H59N7O9. The first-order valence-electron chi connectivity index (χ1n) is 16.2. The third-order valence-corrected chi connectivity index (χ3v) is 5.62. The molecule has 0 saturated carbocycles. The number of esters is 1. The minimum atomic E-state index is -0.943. The van der Waals surface area contributed by atoms with Gasteiger partial charge < -0.3 is 40.7 Å². The molecule has 0 aromatic heterocycles. The smallest absolute Gasteiger partial charge is 0.408 e. The Balaban J connectivity index is 4.85. The normalized spacial score (nSPS) is 13.8. The first-order valence-corrected chi connectivity index (χ1v) is 16.2. The van der Waals surface area contributed by atoms with Crippen molar-refractivity contribution in [2.75, 3.05) is 19.6 Å². The van der Waals surface area contributed by atoms with Crippen LogP contribution in [0.4, 0.5) is 9.59 Å².